The summed E-state index contributed by atoms with van der Waals surface area (Å²) in [7, 11) is 0. The van der Waals surface area contributed by atoms with Crippen LogP contribution >= 0.6 is 0 Å². The van der Waals surface area contributed by atoms with E-state index in [1.165, 1.54) is 25.7 Å². The Labute approximate surface area is 130 Å². The number of anilines is 1. The quantitative estimate of drug-likeness (QED) is 0.780. The fraction of sp³-hybridized carbons (Fsp3) is 0.688. The number of carbonyl (C=O) groups excluding carboxylic acids is 2. The number of amides is 2. The maximum atomic E-state index is 12.0. The van der Waals surface area contributed by atoms with Crippen LogP contribution in [0.25, 0.3) is 0 Å². The summed E-state index contributed by atoms with van der Waals surface area (Å²) in [6.45, 7) is 1.54. The highest BCUT2D eigenvalue weighted by Crippen LogP contribution is 2.36. The van der Waals surface area contributed by atoms with Gasteiger partial charge in [0.2, 0.25) is 11.8 Å². The Bertz CT molecular complexity index is 542. The summed E-state index contributed by atoms with van der Waals surface area (Å²) in [5.74, 6) is 1.64. The summed E-state index contributed by atoms with van der Waals surface area (Å²) in [6.07, 6.45) is 7.31. The lowest BCUT2D eigenvalue weighted by Crippen LogP contribution is -2.42. The first kappa shape index (κ1) is 15.1. The fourth-order valence-corrected chi connectivity index (χ4v) is 3.56. The molecule has 0 saturated heterocycles. The van der Waals surface area contributed by atoms with Gasteiger partial charge in [0.25, 0.3) is 0 Å². The lowest BCUT2D eigenvalue weighted by molar-refractivity contribution is -0.120. The maximum Gasteiger partial charge on any atom is 0.225 e. The summed E-state index contributed by atoms with van der Waals surface area (Å²) >= 11 is 0. The van der Waals surface area contributed by atoms with Crippen molar-refractivity contribution in [3.8, 4) is 0 Å². The van der Waals surface area contributed by atoms with Crippen LogP contribution in [0.3, 0.4) is 0 Å². The van der Waals surface area contributed by atoms with Gasteiger partial charge in [0.1, 0.15) is 0 Å². The van der Waals surface area contributed by atoms with E-state index in [1.807, 2.05) is 6.07 Å². The van der Waals surface area contributed by atoms with Crippen LogP contribution in [0.4, 0.5) is 5.82 Å². The Balaban J connectivity index is 1.45. The zero-order chi connectivity index (χ0) is 15.5. The summed E-state index contributed by atoms with van der Waals surface area (Å²) in [4.78, 5) is 23.0. The summed E-state index contributed by atoms with van der Waals surface area (Å²) in [5, 5.41) is 13.0. The highest BCUT2D eigenvalue weighted by molar-refractivity contribution is 5.89. The normalized spacial score (nSPS) is 24.8. The van der Waals surface area contributed by atoms with Crippen molar-refractivity contribution in [1.82, 2.24) is 15.5 Å². The molecule has 6 heteroatoms. The molecule has 3 rings (SSSR count). The second-order valence-electron chi connectivity index (χ2n) is 6.68. The van der Waals surface area contributed by atoms with E-state index in [9.17, 15) is 9.59 Å². The molecule has 0 aromatic carbocycles. The lowest BCUT2D eigenvalue weighted by atomic mass is 9.78. The highest BCUT2D eigenvalue weighted by Gasteiger charge is 2.32. The minimum absolute atomic E-state index is 0.0212. The van der Waals surface area contributed by atoms with Gasteiger partial charge in [0.05, 0.1) is 0 Å². The molecular formula is C16H24N4O2. The van der Waals surface area contributed by atoms with Crippen LogP contribution in [0, 0.1) is 5.92 Å². The zero-order valence-electron chi connectivity index (χ0n) is 13.0. The third-order valence-corrected chi connectivity index (χ3v) is 4.80. The van der Waals surface area contributed by atoms with Crippen molar-refractivity contribution in [1.29, 1.82) is 0 Å². The Kier molecular flexibility index (Phi) is 4.45. The molecule has 0 bridgehead atoms. The number of nitrogens with one attached hydrogen (secondary N) is 3. The molecule has 2 fully saturated rings. The van der Waals surface area contributed by atoms with Gasteiger partial charge < -0.3 is 10.6 Å². The number of aromatic amines is 1. The van der Waals surface area contributed by atoms with E-state index in [4.69, 9.17) is 0 Å². The minimum Gasteiger partial charge on any atom is -0.354 e. The van der Waals surface area contributed by atoms with Crippen LogP contribution < -0.4 is 10.6 Å². The van der Waals surface area contributed by atoms with Crippen LogP contribution in [0.15, 0.2) is 6.07 Å². The van der Waals surface area contributed by atoms with E-state index >= 15 is 0 Å². The molecule has 2 aliphatic carbocycles. The van der Waals surface area contributed by atoms with E-state index in [0.29, 0.717) is 24.1 Å². The molecule has 1 aromatic rings. The number of H-pyrrole nitrogens is 1. The molecule has 0 atom stereocenters. The van der Waals surface area contributed by atoms with Crippen LogP contribution in [-0.2, 0) is 9.59 Å². The van der Waals surface area contributed by atoms with E-state index in [2.05, 4.69) is 20.8 Å². The summed E-state index contributed by atoms with van der Waals surface area (Å²) in [5.41, 5.74) is 1.04. The molecule has 2 amide bonds. The molecule has 1 heterocycles. The van der Waals surface area contributed by atoms with Gasteiger partial charge in [-0.05, 0) is 31.6 Å². The van der Waals surface area contributed by atoms with Gasteiger partial charge in [-0.15, -0.1) is 0 Å². The number of hydrogen-bond acceptors (Lipinski definition) is 3. The third-order valence-electron chi connectivity index (χ3n) is 4.80. The second kappa shape index (κ2) is 6.50. The van der Waals surface area contributed by atoms with Crippen molar-refractivity contribution < 1.29 is 9.59 Å². The molecule has 6 nitrogen and oxygen atoms in total. The van der Waals surface area contributed by atoms with Crippen molar-refractivity contribution in [3.05, 3.63) is 11.8 Å². The van der Waals surface area contributed by atoms with Crippen molar-refractivity contribution in [2.45, 2.75) is 63.8 Å². The molecule has 2 aliphatic rings. The molecule has 0 aliphatic heterocycles. The highest BCUT2D eigenvalue weighted by atomic mass is 16.2. The summed E-state index contributed by atoms with van der Waals surface area (Å²) in [6, 6.07) is 2.19. The van der Waals surface area contributed by atoms with Crippen LogP contribution in [0.1, 0.15) is 63.5 Å². The van der Waals surface area contributed by atoms with Gasteiger partial charge in [0, 0.05) is 37.1 Å². The van der Waals surface area contributed by atoms with E-state index in [-0.39, 0.29) is 17.9 Å². The van der Waals surface area contributed by atoms with E-state index in [1.54, 1.807) is 6.92 Å². The Morgan fingerprint density at radius 1 is 1.32 bits per heavy atom. The standard InChI is InChI=1S/C16H24N4O2/c1-10(21)17-13-7-12(8-13)14-9-15(20-19-14)18-16(22)6-11-4-2-3-5-11/h9,11-13H,2-8H2,1H3,(H,17,21)(H2,18,19,20,22). The van der Waals surface area contributed by atoms with Crippen molar-refractivity contribution in [2.75, 3.05) is 5.32 Å². The first-order valence-corrected chi connectivity index (χ1v) is 8.22. The van der Waals surface area contributed by atoms with Crippen LogP contribution in [-0.4, -0.2) is 28.1 Å². The van der Waals surface area contributed by atoms with E-state index in [0.717, 1.165) is 18.5 Å². The number of aromatic nitrogens is 2. The fourth-order valence-electron chi connectivity index (χ4n) is 3.56. The average molecular weight is 304 g/mol. The van der Waals surface area contributed by atoms with Crippen molar-refractivity contribution in [3.63, 3.8) is 0 Å². The maximum absolute atomic E-state index is 12.0. The molecule has 22 heavy (non-hydrogen) atoms. The molecule has 0 spiro atoms. The molecular weight excluding hydrogens is 280 g/mol. The van der Waals surface area contributed by atoms with Crippen LogP contribution in [0.5, 0.6) is 0 Å². The first-order valence-electron chi connectivity index (χ1n) is 8.22. The number of carbonyl (C=O) groups is 2. The zero-order valence-corrected chi connectivity index (χ0v) is 13.0. The molecule has 120 valence electrons. The monoisotopic (exact) mass is 304 g/mol. The van der Waals surface area contributed by atoms with Gasteiger partial charge in [-0.3, -0.25) is 14.7 Å². The van der Waals surface area contributed by atoms with Gasteiger partial charge in [-0.1, -0.05) is 12.8 Å². The SMILES string of the molecule is CC(=O)NC1CC(c2cc(NC(=O)CC3CCCC3)n[nH]2)C1. The lowest BCUT2D eigenvalue weighted by Gasteiger charge is -2.34. The molecule has 1 aromatic heterocycles. The predicted molar refractivity (Wildman–Crippen MR) is 83.4 cm³/mol. The Morgan fingerprint density at radius 3 is 2.73 bits per heavy atom. The minimum atomic E-state index is 0.0212. The van der Waals surface area contributed by atoms with Gasteiger partial charge in [0.15, 0.2) is 5.82 Å². The van der Waals surface area contributed by atoms with Crippen molar-refractivity contribution in [2.24, 2.45) is 5.92 Å². The van der Waals surface area contributed by atoms with Crippen LogP contribution in [0.2, 0.25) is 0 Å². The van der Waals surface area contributed by atoms with Gasteiger partial charge in [-0.25, -0.2) is 0 Å². The molecule has 0 unspecified atom stereocenters. The van der Waals surface area contributed by atoms with Crippen molar-refractivity contribution >= 4 is 17.6 Å². The number of nitrogens with zero attached hydrogens (tertiary/aromatic N) is 1. The Morgan fingerprint density at radius 2 is 2.05 bits per heavy atom. The topological polar surface area (TPSA) is 86.9 Å². The largest absolute Gasteiger partial charge is 0.354 e. The molecule has 2 saturated carbocycles. The smallest absolute Gasteiger partial charge is 0.225 e. The molecule has 3 N–H and O–H groups in total. The summed E-state index contributed by atoms with van der Waals surface area (Å²) < 4.78 is 0. The van der Waals surface area contributed by atoms with Gasteiger partial charge in [-0.2, -0.15) is 5.10 Å². The third kappa shape index (κ3) is 3.67. The number of rotatable bonds is 5. The number of hydrogen-bond donors (Lipinski definition) is 3. The van der Waals surface area contributed by atoms with Gasteiger partial charge >= 0.3 is 0 Å². The predicted octanol–water partition coefficient (Wildman–Crippen LogP) is 2.31. The second-order valence-corrected chi connectivity index (χ2v) is 6.68. The average Bonchev–Trinajstić information content (AvgIpc) is 3.04. The van der Waals surface area contributed by atoms with E-state index < -0.39 is 0 Å². The Hall–Kier alpha value is -1.85. The molecule has 0 radical (unpaired) electrons. The first-order chi connectivity index (χ1) is 10.6.